The van der Waals surface area contributed by atoms with Gasteiger partial charge in [-0.2, -0.15) is 5.10 Å². The molecule has 136 valence electrons. The molecule has 1 amide bonds. The molecule has 0 aliphatic rings. The van der Waals surface area contributed by atoms with Gasteiger partial charge in [0.25, 0.3) is 6.43 Å². The predicted molar refractivity (Wildman–Crippen MR) is 90.3 cm³/mol. The summed E-state index contributed by atoms with van der Waals surface area (Å²) >= 11 is 1.27. The van der Waals surface area contributed by atoms with Crippen LogP contribution in [0.2, 0.25) is 0 Å². The van der Waals surface area contributed by atoms with Gasteiger partial charge in [0.2, 0.25) is 5.91 Å². The summed E-state index contributed by atoms with van der Waals surface area (Å²) in [5.41, 5.74) is 1.15. The van der Waals surface area contributed by atoms with Crippen molar-refractivity contribution in [3.05, 3.63) is 33.5 Å². The van der Waals surface area contributed by atoms with Gasteiger partial charge in [-0.25, -0.2) is 13.6 Å². The van der Waals surface area contributed by atoms with Gasteiger partial charge in [-0.3, -0.25) is 9.48 Å². The van der Waals surface area contributed by atoms with E-state index >= 15 is 0 Å². The van der Waals surface area contributed by atoms with Crippen molar-refractivity contribution in [1.82, 2.24) is 9.78 Å². The van der Waals surface area contributed by atoms with Crippen LogP contribution in [0.5, 0.6) is 0 Å². The average Bonchev–Trinajstić information content (AvgIpc) is 3.01. The molecule has 25 heavy (non-hydrogen) atoms. The topological polar surface area (TPSA) is 73.2 Å². The third kappa shape index (κ3) is 4.22. The summed E-state index contributed by atoms with van der Waals surface area (Å²) in [5, 5.41) is 6.76. The summed E-state index contributed by atoms with van der Waals surface area (Å²) in [4.78, 5) is 25.2. The molecule has 2 rings (SSSR count). The minimum Gasteiger partial charge on any atom is -0.462 e. The van der Waals surface area contributed by atoms with E-state index in [0.717, 1.165) is 10.4 Å². The van der Waals surface area contributed by atoms with Crippen molar-refractivity contribution in [2.45, 2.75) is 40.7 Å². The Hall–Kier alpha value is -2.29. The molecule has 0 atom stereocenters. The molecule has 6 nitrogen and oxygen atoms in total. The summed E-state index contributed by atoms with van der Waals surface area (Å²) in [7, 11) is 0. The second-order valence-electron chi connectivity index (χ2n) is 5.42. The minimum atomic E-state index is -2.69. The maximum Gasteiger partial charge on any atom is 0.341 e. The first kappa shape index (κ1) is 19.0. The second kappa shape index (κ2) is 7.73. The van der Waals surface area contributed by atoms with E-state index in [1.807, 2.05) is 6.92 Å². The molecule has 2 heterocycles. The van der Waals surface area contributed by atoms with Gasteiger partial charge in [0, 0.05) is 10.6 Å². The average molecular weight is 371 g/mol. The smallest absolute Gasteiger partial charge is 0.341 e. The van der Waals surface area contributed by atoms with Crippen molar-refractivity contribution in [2.75, 3.05) is 11.9 Å². The van der Waals surface area contributed by atoms with Gasteiger partial charge < -0.3 is 10.1 Å². The van der Waals surface area contributed by atoms with E-state index in [1.54, 1.807) is 20.8 Å². The standard InChI is InChI=1S/C16H19F2N3O3S/c1-5-24-16(23)13-9(3)10(4)25-15(13)19-12(22)7-21-8(2)6-11(20-21)14(17)18/h6,14H,5,7H2,1-4H3,(H,19,22). The third-order valence-electron chi connectivity index (χ3n) is 3.63. The lowest BCUT2D eigenvalue weighted by molar-refractivity contribution is -0.116. The number of amides is 1. The monoisotopic (exact) mass is 371 g/mol. The van der Waals surface area contributed by atoms with Crippen LogP contribution in [0.3, 0.4) is 0 Å². The molecule has 2 aromatic rings. The number of nitrogens with zero attached hydrogens (tertiary/aromatic N) is 2. The number of rotatable bonds is 6. The molecule has 0 saturated carbocycles. The van der Waals surface area contributed by atoms with Crippen molar-refractivity contribution in [3.8, 4) is 0 Å². The van der Waals surface area contributed by atoms with Crippen molar-refractivity contribution in [3.63, 3.8) is 0 Å². The van der Waals surface area contributed by atoms with Crippen LogP contribution in [0, 0.1) is 20.8 Å². The van der Waals surface area contributed by atoms with E-state index in [2.05, 4.69) is 10.4 Å². The number of hydrogen-bond acceptors (Lipinski definition) is 5. The number of carbonyl (C=O) groups excluding carboxylic acids is 2. The number of thiophene rings is 1. The SMILES string of the molecule is CCOC(=O)c1c(NC(=O)Cn2nc(C(F)F)cc2C)sc(C)c1C. The maximum atomic E-state index is 12.7. The molecule has 0 radical (unpaired) electrons. The van der Waals surface area contributed by atoms with Crippen molar-refractivity contribution < 1.29 is 23.1 Å². The molecule has 0 spiro atoms. The number of aryl methyl sites for hydroxylation is 2. The van der Waals surface area contributed by atoms with Crippen LogP contribution in [0.4, 0.5) is 13.8 Å². The molecule has 9 heteroatoms. The van der Waals surface area contributed by atoms with E-state index in [4.69, 9.17) is 4.74 Å². The molecule has 1 N–H and O–H groups in total. The Morgan fingerprint density at radius 3 is 2.60 bits per heavy atom. The lowest BCUT2D eigenvalue weighted by Gasteiger charge is -2.08. The minimum absolute atomic E-state index is 0.225. The zero-order valence-corrected chi connectivity index (χ0v) is 15.2. The molecule has 0 unspecified atom stereocenters. The van der Waals surface area contributed by atoms with Crippen molar-refractivity contribution in [1.29, 1.82) is 0 Å². The predicted octanol–water partition coefficient (Wildman–Crippen LogP) is 3.62. The fourth-order valence-corrected chi connectivity index (χ4v) is 3.33. The molecule has 0 saturated heterocycles. The Bertz CT molecular complexity index is 799. The van der Waals surface area contributed by atoms with Gasteiger partial charge >= 0.3 is 5.97 Å². The Morgan fingerprint density at radius 1 is 1.36 bits per heavy atom. The molecule has 0 aliphatic carbocycles. The fourth-order valence-electron chi connectivity index (χ4n) is 2.27. The van der Waals surface area contributed by atoms with Crippen LogP contribution in [-0.2, 0) is 16.1 Å². The molecule has 0 bridgehead atoms. The fraction of sp³-hybridized carbons (Fsp3) is 0.438. The van der Waals surface area contributed by atoms with Crippen molar-refractivity contribution >= 4 is 28.2 Å². The van der Waals surface area contributed by atoms with Crippen molar-refractivity contribution in [2.24, 2.45) is 0 Å². The van der Waals surface area contributed by atoms with E-state index in [1.165, 1.54) is 22.1 Å². The van der Waals surface area contributed by atoms with E-state index in [0.29, 0.717) is 16.3 Å². The number of carbonyl (C=O) groups is 2. The maximum absolute atomic E-state index is 12.7. The summed E-state index contributed by atoms with van der Waals surface area (Å²) < 4.78 is 31.6. The number of anilines is 1. The van der Waals surface area contributed by atoms with E-state index < -0.39 is 18.3 Å². The highest BCUT2D eigenvalue weighted by Gasteiger charge is 2.22. The third-order valence-corrected chi connectivity index (χ3v) is 4.76. The highest BCUT2D eigenvalue weighted by molar-refractivity contribution is 7.16. The zero-order chi connectivity index (χ0) is 18.7. The zero-order valence-electron chi connectivity index (χ0n) is 14.4. The van der Waals surface area contributed by atoms with Gasteiger partial charge in [-0.1, -0.05) is 0 Å². The number of nitrogens with one attached hydrogen (secondary N) is 1. The van der Waals surface area contributed by atoms with Gasteiger partial charge in [0.15, 0.2) is 0 Å². The van der Waals surface area contributed by atoms with Crippen LogP contribution < -0.4 is 5.32 Å². The Labute approximate surface area is 147 Å². The quantitative estimate of drug-likeness (QED) is 0.787. The number of aromatic nitrogens is 2. The summed E-state index contributed by atoms with van der Waals surface area (Å²) in [6.45, 7) is 6.91. The van der Waals surface area contributed by atoms with Crippen LogP contribution in [-0.4, -0.2) is 28.3 Å². The number of ether oxygens (including phenoxy) is 1. The molecule has 0 aliphatic heterocycles. The number of alkyl halides is 2. The molecule has 0 aromatic carbocycles. The Kier molecular flexibility index (Phi) is 5.89. The lowest BCUT2D eigenvalue weighted by Crippen LogP contribution is -2.21. The summed E-state index contributed by atoms with van der Waals surface area (Å²) in [5.74, 6) is -0.964. The molecule has 2 aromatic heterocycles. The first-order valence-electron chi connectivity index (χ1n) is 7.64. The number of hydrogen-bond donors (Lipinski definition) is 1. The largest absolute Gasteiger partial charge is 0.462 e. The lowest BCUT2D eigenvalue weighted by atomic mass is 10.1. The van der Waals surface area contributed by atoms with Crippen LogP contribution in [0.1, 0.15) is 45.5 Å². The van der Waals surface area contributed by atoms with Gasteiger partial charge in [-0.05, 0) is 39.3 Å². The second-order valence-corrected chi connectivity index (χ2v) is 6.65. The van der Waals surface area contributed by atoms with Crippen LogP contribution >= 0.6 is 11.3 Å². The van der Waals surface area contributed by atoms with Gasteiger partial charge in [-0.15, -0.1) is 11.3 Å². The Morgan fingerprint density at radius 2 is 2.04 bits per heavy atom. The number of halogens is 2. The number of esters is 1. The Balaban J connectivity index is 2.18. The first-order valence-corrected chi connectivity index (χ1v) is 8.45. The molecule has 0 fully saturated rings. The van der Waals surface area contributed by atoms with Crippen LogP contribution in [0.25, 0.3) is 0 Å². The van der Waals surface area contributed by atoms with E-state index in [-0.39, 0.29) is 18.8 Å². The van der Waals surface area contributed by atoms with Gasteiger partial charge in [0.05, 0.1) is 12.2 Å². The first-order chi connectivity index (χ1) is 11.7. The normalized spacial score (nSPS) is 11.0. The molecular formula is C16H19F2N3O3S. The van der Waals surface area contributed by atoms with Gasteiger partial charge in [0.1, 0.15) is 17.2 Å². The van der Waals surface area contributed by atoms with E-state index in [9.17, 15) is 18.4 Å². The summed E-state index contributed by atoms with van der Waals surface area (Å²) in [6, 6.07) is 1.24. The van der Waals surface area contributed by atoms with Crippen LogP contribution in [0.15, 0.2) is 6.07 Å². The summed E-state index contributed by atoms with van der Waals surface area (Å²) in [6.07, 6.45) is -2.69. The molecular weight excluding hydrogens is 352 g/mol. The highest BCUT2D eigenvalue weighted by atomic mass is 32.1. The highest BCUT2D eigenvalue weighted by Crippen LogP contribution is 2.33.